The Morgan fingerprint density at radius 1 is 0.300 bits per heavy atom. The van der Waals surface area contributed by atoms with Gasteiger partial charge in [-0.05, 0) is 138 Å². The highest BCUT2D eigenvalue weighted by Crippen LogP contribution is 2.53. The number of hydrogen-bond donors (Lipinski definition) is 0. The van der Waals surface area contributed by atoms with E-state index in [9.17, 15) is 0 Å². The smallest absolute Gasteiger partial charge is 0.00188 e. The minimum Gasteiger partial charge on any atom is -0.0596 e. The monoisotopic (exact) mass is 402 g/mol. The van der Waals surface area contributed by atoms with Crippen LogP contribution in [0.4, 0.5) is 0 Å². The second-order valence-electron chi connectivity index (χ2n) is 11.2. The average molecular weight is 403 g/mol. The van der Waals surface area contributed by atoms with Crippen LogP contribution in [-0.4, -0.2) is 0 Å². The summed E-state index contributed by atoms with van der Waals surface area (Å²) in [5.41, 5.74) is 15.5. The van der Waals surface area contributed by atoms with Gasteiger partial charge >= 0.3 is 0 Å². The standard InChI is InChI=1S/C30H42/c1-2-12-22-25-15-5-3-13-23-21(11-1)24-14-4-6-16-26(22)30-20-10-8-18-28(24)27(23)17-7-9-19-29(25)30/h21,29H,1-20H2. The molecule has 10 bridgehead atoms. The molecule has 0 aromatic carbocycles. The molecule has 7 rings (SSSR count). The highest BCUT2D eigenvalue weighted by molar-refractivity contribution is 5.52. The lowest BCUT2D eigenvalue weighted by molar-refractivity contribution is 0.509. The minimum absolute atomic E-state index is 0.857. The Hall–Kier alpha value is -1.04. The fourth-order valence-electron chi connectivity index (χ4n) is 8.45. The van der Waals surface area contributed by atoms with Gasteiger partial charge in [0.1, 0.15) is 0 Å². The molecule has 0 nitrogen and oxygen atoms in total. The lowest BCUT2D eigenvalue weighted by Crippen LogP contribution is -2.09. The summed E-state index contributed by atoms with van der Waals surface area (Å²) >= 11 is 0. The molecule has 0 aromatic rings. The first kappa shape index (κ1) is 19.6. The van der Waals surface area contributed by atoms with Crippen molar-refractivity contribution >= 4 is 0 Å². The van der Waals surface area contributed by atoms with E-state index < -0.39 is 0 Å². The van der Waals surface area contributed by atoms with Crippen LogP contribution >= 0.6 is 0 Å². The molecule has 0 radical (unpaired) electrons. The molecule has 2 fully saturated rings. The van der Waals surface area contributed by atoms with Crippen molar-refractivity contribution in [2.45, 2.75) is 128 Å². The zero-order valence-electron chi connectivity index (χ0n) is 19.3. The van der Waals surface area contributed by atoms with Crippen LogP contribution in [-0.2, 0) is 0 Å². The van der Waals surface area contributed by atoms with Crippen molar-refractivity contribution < 1.29 is 0 Å². The van der Waals surface area contributed by atoms with Crippen LogP contribution < -0.4 is 0 Å². The SMILES string of the molecule is C1CCC2=C3CCCCC4=C(C1)C1=C5CCCCC(=C3CCCCC45)C2CCCC1. The summed E-state index contributed by atoms with van der Waals surface area (Å²) in [6.45, 7) is 0. The molecule has 0 spiro atoms. The Morgan fingerprint density at radius 2 is 0.567 bits per heavy atom. The summed E-state index contributed by atoms with van der Waals surface area (Å²) in [5.74, 6) is 1.71. The van der Waals surface area contributed by atoms with Crippen LogP contribution in [0, 0.1) is 11.8 Å². The highest BCUT2D eigenvalue weighted by Gasteiger charge is 2.36. The van der Waals surface area contributed by atoms with Crippen LogP contribution in [0.5, 0.6) is 0 Å². The van der Waals surface area contributed by atoms with Gasteiger partial charge in [0, 0.05) is 11.8 Å². The lowest BCUT2D eigenvalue weighted by atomic mass is 9.80. The first-order valence-electron chi connectivity index (χ1n) is 13.8. The van der Waals surface area contributed by atoms with Gasteiger partial charge < -0.3 is 0 Å². The van der Waals surface area contributed by atoms with Crippen molar-refractivity contribution in [3.8, 4) is 0 Å². The summed E-state index contributed by atoms with van der Waals surface area (Å²) in [5, 5.41) is 0. The summed E-state index contributed by atoms with van der Waals surface area (Å²) in [6, 6.07) is 0. The van der Waals surface area contributed by atoms with Gasteiger partial charge in [0.2, 0.25) is 0 Å². The molecule has 2 atom stereocenters. The maximum Gasteiger partial charge on any atom is 0.00188 e. The van der Waals surface area contributed by atoms with Crippen LogP contribution in [0.2, 0.25) is 0 Å². The Labute approximate surface area is 185 Å². The van der Waals surface area contributed by atoms with Crippen molar-refractivity contribution in [1.82, 2.24) is 0 Å². The van der Waals surface area contributed by atoms with Gasteiger partial charge in [0.15, 0.2) is 0 Å². The zero-order valence-corrected chi connectivity index (χ0v) is 19.3. The molecule has 7 aliphatic carbocycles. The molecular formula is C30H42. The van der Waals surface area contributed by atoms with E-state index in [2.05, 4.69) is 0 Å². The van der Waals surface area contributed by atoms with Crippen LogP contribution in [0.15, 0.2) is 44.6 Å². The molecule has 0 N–H and O–H groups in total. The molecule has 2 unspecified atom stereocenters. The van der Waals surface area contributed by atoms with E-state index in [0.717, 1.165) is 11.8 Å². The fraction of sp³-hybridized carbons (Fsp3) is 0.733. The van der Waals surface area contributed by atoms with Gasteiger partial charge in [0.25, 0.3) is 0 Å². The van der Waals surface area contributed by atoms with E-state index in [1.165, 1.54) is 128 Å². The summed E-state index contributed by atoms with van der Waals surface area (Å²) in [6.07, 6.45) is 28.8. The molecular weight excluding hydrogens is 360 g/mol. The number of fused-ring (bicyclic) bond motifs is 15. The molecule has 30 heavy (non-hydrogen) atoms. The van der Waals surface area contributed by atoms with E-state index in [1.807, 2.05) is 44.6 Å². The molecule has 0 heterocycles. The Bertz CT molecular complexity index is 756. The van der Waals surface area contributed by atoms with E-state index in [-0.39, 0.29) is 0 Å². The topological polar surface area (TPSA) is 0 Å². The molecule has 2 saturated carbocycles. The average Bonchev–Trinajstić information content (AvgIpc) is 3.12. The van der Waals surface area contributed by atoms with Gasteiger partial charge in [-0.3, -0.25) is 0 Å². The predicted octanol–water partition coefficient (Wildman–Crippen LogP) is 9.29. The highest BCUT2D eigenvalue weighted by atomic mass is 14.4. The van der Waals surface area contributed by atoms with E-state index in [1.54, 1.807) is 0 Å². The van der Waals surface area contributed by atoms with Crippen molar-refractivity contribution in [1.29, 1.82) is 0 Å². The van der Waals surface area contributed by atoms with E-state index >= 15 is 0 Å². The van der Waals surface area contributed by atoms with Crippen molar-refractivity contribution in [2.75, 3.05) is 0 Å². The quantitative estimate of drug-likeness (QED) is 0.378. The molecule has 162 valence electrons. The molecule has 7 aliphatic rings. The third kappa shape index (κ3) is 3.32. The first-order valence-corrected chi connectivity index (χ1v) is 13.8. The third-order valence-corrected chi connectivity index (χ3v) is 9.69. The summed E-state index contributed by atoms with van der Waals surface area (Å²) in [7, 11) is 0. The van der Waals surface area contributed by atoms with Gasteiger partial charge in [-0.1, -0.05) is 35.1 Å². The normalized spacial score (nSPS) is 32.8. The second-order valence-corrected chi connectivity index (χ2v) is 11.2. The molecule has 0 heteroatoms. The lowest BCUT2D eigenvalue weighted by Gasteiger charge is -2.24. The van der Waals surface area contributed by atoms with Gasteiger partial charge in [-0.15, -0.1) is 0 Å². The maximum atomic E-state index is 1.96. The number of allylic oxidation sites excluding steroid dienone is 8. The molecule has 0 saturated heterocycles. The van der Waals surface area contributed by atoms with Crippen molar-refractivity contribution in [3.63, 3.8) is 0 Å². The van der Waals surface area contributed by atoms with Crippen molar-refractivity contribution in [3.05, 3.63) is 44.6 Å². The molecule has 0 aliphatic heterocycles. The van der Waals surface area contributed by atoms with Crippen LogP contribution in [0.3, 0.4) is 0 Å². The Kier molecular flexibility index (Phi) is 5.55. The number of hydrogen-bond acceptors (Lipinski definition) is 0. The Balaban J connectivity index is 1.57. The van der Waals surface area contributed by atoms with Crippen molar-refractivity contribution in [2.24, 2.45) is 11.8 Å². The van der Waals surface area contributed by atoms with E-state index in [4.69, 9.17) is 0 Å². The van der Waals surface area contributed by atoms with Crippen LogP contribution in [0.1, 0.15) is 128 Å². The Morgan fingerprint density at radius 3 is 0.900 bits per heavy atom. The number of rotatable bonds is 0. The van der Waals surface area contributed by atoms with Crippen LogP contribution in [0.25, 0.3) is 0 Å². The minimum atomic E-state index is 0.857. The molecule has 0 amide bonds. The maximum absolute atomic E-state index is 1.96. The van der Waals surface area contributed by atoms with E-state index in [0.29, 0.717) is 0 Å². The third-order valence-electron chi connectivity index (χ3n) is 9.69. The first-order chi connectivity index (χ1) is 14.9. The largest absolute Gasteiger partial charge is 0.0596 e. The summed E-state index contributed by atoms with van der Waals surface area (Å²) in [4.78, 5) is 0. The molecule has 0 aromatic heterocycles. The van der Waals surface area contributed by atoms with Gasteiger partial charge in [-0.25, -0.2) is 0 Å². The second kappa shape index (κ2) is 8.48. The zero-order chi connectivity index (χ0) is 19.9. The summed E-state index contributed by atoms with van der Waals surface area (Å²) < 4.78 is 0. The fourth-order valence-corrected chi connectivity index (χ4v) is 8.45. The van der Waals surface area contributed by atoms with Gasteiger partial charge in [-0.2, -0.15) is 0 Å². The predicted molar refractivity (Wildman–Crippen MR) is 127 cm³/mol. The van der Waals surface area contributed by atoms with Gasteiger partial charge in [0.05, 0.1) is 0 Å².